The Hall–Kier alpha value is -6.71. The molecule has 0 unspecified atom stereocenters. The van der Waals surface area contributed by atoms with Gasteiger partial charge in [-0.2, -0.15) is 11.8 Å². The van der Waals surface area contributed by atoms with Crippen LogP contribution in [0.2, 0.25) is 0 Å². The number of aliphatic imine (C=N–C) groups is 1. The van der Waals surface area contributed by atoms with Gasteiger partial charge in [-0.05, 0) is 74.0 Å². The highest BCUT2D eigenvalue weighted by molar-refractivity contribution is 7.98. The minimum Gasteiger partial charge on any atom is -0.370 e. The molecule has 9 amide bonds. The van der Waals surface area contributed by atoms with E-state index in [1.165, 1.54) is 30.6 Å². The van der Waals surface area contributed by atoms with Gasteiger partial charge in [0.25, 0.3) is 0 Å². The Balaban J connectivity index is 2.54. The third kappa shape index (κ3) is 25.6. The minimum absolute atomic E-state index is 0.0190. The van der Waals surface area contributed by atoms with Gasteiger partial charge in [-0.1, -0.05) is 74.5 Å². The van der Waals surface area contributed by atoms with Crippen molar-refractivity contribution in [1.29, 1.82) is 0 Å². The average molecular weight is 1010 g/mol. The van der Waals surface area contributed by atoms with Crippen LogP contribution in [0.3, 0.4) is 0 Å². The smallest absolute Gasteiger partial charge is 0.245 e. The van der Waals surface area contributed by atoms with E-state index in [2.05, 4.69) is 42.2 Å². The second-order valence-corrected chi connectivity index (χ2v) is 18.5. The van der Waals surface area contributed by atoms with Crippen LogP contribution in [0.15, 0.2) is 65.7 Å². The zero-order valence-electron chi connectivity index (χ0n) is 41.8. The van der Waals surface area contributed by atoms with Crippen molar-refractivity contribution in [2.45, 2.75) is 122 Å². The highest BCUT2D eigenvalue weighted by Gasteiger charge is 2.34. The van der Waals surface area contributed by atoms with Gasteiger partial charge in [0.2, 0.25) is 53.2 Å². The maximum atomic E-state index is 14.9. The summed E-state index contributed by atoms with van der Waals surface area (Å²) in [5, 5.41) is 19.0. The van der Waals surface area contributed by atoms with Crippen LogP contribution in [0.25, 0.3) is 0 Å². The highest BCUT2D eigenvalue weighted by atomic mass is 32.2. The lowest BCUT2D eigenvalue weighted by molar-refractivity contribution is -0.140. The first kappa shape index (κ1) is 60.4. The number of nitrogens with zero attached hydrogens (tertiary/aromatic N) is 2. The van der Waals surface area contributed by atoms with Crippen molar-refractivity contribution >= 4 is 70.9 Å². The van der Waals surface area contributed by atoms with Gasteiger partial charge in [-0.15, -0.1) is 0 Å². The van der Waals surface area contributed by atoms with E-state index in [4.69, 9.17) is 17.2 Å². The molecule has 71 heavy (non-hydrogen) atoms. The number of amides is 9. The molecule has 21 nitrogen and oxygen atoms in total. The van der Waals surface area contributed by atoms with E-state index in [0.29, 0.717) is 29.7 Å². The molecule has 13 N–H and O–H groups in total. The lowest BCUT2D eigenvalue weighted by Gasteiger charge is -2.30. The summed E-state index contributed by atoms with van der Waals surface area (Å²) in [6, 6.07) is 12.0. The molecule has 0 radical (unpaired) electrons. The number of carbonyl (C=O) groups is 9. The lowest BCUT2D eigenvalue weighted by Crippen LogP contribution is -2.59. The third-order valence-corrected chi connectivity index (χ3v) is 11.6. The van der Waals surface area contributed by atoms with Crippen LogP contribution < -0.4 is 54.4 Å². The van der Waals surface area contributed by atoms with Gasteiger partial charge in [0.1, 0.15) is 30.2 Å². The molecule has 392 valence electrons. The van der Waals surface area contributed by atoms with E-state index in [9.17, 15) is 43.2 Å². The topological polar surface area (TPSA) is 331 Å². The summed E-state index contributed by atoms with van der Waals surface area (Å²) in [6.45, 7) is 4.78. The number of thioether (sulfide) groups is 1. The van der Waals surface area contributed by atoms with E-state index >= 15 is 0 Å². The van der Waals surface area contributed by atoms with E-state index in [-0.39, 0.29) is 101 Å². The van der Waals surface area contributed by atoms with E-state index in [1.807, 2.05) is 20.1 Å². The van der Waals surface area contributed by atoms with Crippen LogP contribution in [0.5, 0.6) is 0 Å². The number of primary amides is 1. The molecule has 0 aliphatic heterocycles. The standard InChI is InChI=1S/C49H76N12O9S/c1-32(2)28-38(46(68)58-36(44(50)66)23-27-71-5)57-43(65)31-61(26-15-25-54-33(3)62)48(70)40(30-35-18-10-7-11-19-35)60-47(69)39(29-34-16-8-6-9-17-34)59-45(67)37(20-14-24-55-49(51)52)56-42(64)22-13-12-21-41(63)53-4/h6-11,16-19,32,36-40H,12-15,20-31H2,1-5H3,(H2,50,66)(H,53,63)(H,54,62)(H,56,64)(H,57,65)(H,58,68)(H,59,67)(H,60,69)(H4,51,52,55)/t36-,37-,38-,39-,40-/m0/s1. The predicted octanol–water partition coefficient (Wildman–Crippen LogP) is -0.105. The minimum atomic E-state index is -1.30. The zero-order chi connectivity index (χ0) is 52.7. The second-order valence-electron chi connectivity index (χ2n) is 17.5. The van der Waals surface area contributed by atoms with E-state index < -0.39 is 78.1 Å². The molecular formula is C49H76N12O9S. The van der Waals surface area contributed by atoms with Crippen molar-refractivity contribution < 1.29 is 43.2 Å². The van der Waals surface area contributed by atoms with Crippen LogP contribution in [0.1, 0.15) is 89.7 Å². The van der Waals surface area contributed by atoms with Crippen LogP contribution >= 0.6 is 11.8 Å². The number of rotatable bonds is 34. The predicted molar refractivity (Wildman–Crippen MR) is 274 cm³/mol. The first-order chi connectivity index (χ1) is 33.8. The van der Waals surface area contributed by atoms with Crippen molar-refractivity contribution in [1.82, 2.24) is 42.1 Å². The second kappa shape index (κ2) is 33.8. The molecule has 0 aliphatic carbocycles. The Morgan fingerprint density at radius 2 is 1.17 bits per heavy atom. The quantitative estimate of drug-likeness (QED) is 0.0250. The Morgan fingerprint density at radius 1 is 0.634 bits per heavy atom. The molecule has 0 fully saturated rings. The lowest BCUT2D eigenvalue weighted by atomic mass is 10.0. The van der Waals surface area contributed by atoms with Crippen molar-refractivity contribution in [2.75, 3.05) is 45.2 Å². The number of hydrogen-bond donors (Lipinski definition) is 10. The Morgan fingerprint density at radius 3 is 1.72 bits per heavy atom. The van der Waals surface area contributed by atoms with Gasteiger partial charge in [-0.3, -0.25) is 48.1 Å². The fraction of sp³-hybridized carbons (Fsp3) is 0.551. The Kier molecular flexibility index (Phi) is 28.7. The summed E-state index contributed by atoms with van der Waals surface area (Å²) in [7, 11) is 1.52. The zero-order valence-corrected chi connectivity index (χ0v) is 42.6. The first-order valence-corrected chi connectivity index (χ1v) is 25.4. The van der Waals surface area contributed by atoms with Crippen LogP contribution in [-0.2, 0) is 56.0 Å². The molecule has 0 spiro atoms. The molecule has 2 rings (SSSR count). The summed E-state index contributed by atoms with van der Waals surface area (Å²) >= 11 is 1.48. The van der Waals surface area contributed by atoms with Crippen molar-refractivity contribution in [3.8, 4) is 0 Å². The molecule has 5 atom stereocenters. The normalized spacial score (nSPS) is 12.9. The van der Waals surface area contributed by atoms with E-state index in [0.717, 1.165) is 0 Å². The fourth-order valence-electron chi connectivity index (χ4n) is 7.32. The van der Waals surface area contributed by atoms with Crippen molar-refractivity contribution in [3.05, 3.63) is 71.8 Å². The summed E-state index contributed by atoms with van der Waals surface area (Å²) in [4.78, 5) is 125. The van der Waals surface area contributed by atoms with Gasteiger partial charge < -0.3 is 59.3 Å². The molecule has 22 heteroatoms. The van der Waals surface area contributed by atoms with Crippen molar-refractivity contribution in [3.63, 3.8) is 0 Å². The monoisotopic (exact) mass is 1010 g/mol. The molecular weight excluding hydrogens is 933 g/mol. The van der Waals surface area contributed by atoms with E-state index in [1.54, 1.807) is 60.7 Å². The fourth-order valence-corrected chi connectivity index (χ4v) is 7.79. The molecule has 0 aliphatic rings. The summed E-state index contributed by atoms with van der Waals surface area (Å²) in [5.74, 6) is -4.69. The number of hydrogen-bond acceptors (Lipinski definition) is 11. The maximum absolute atomic E-state index is 14.9. The average Bonchev–Trinajstić information content (AvgIpc) is 3.32. The SMILES string of the molecule is CNC(=O)CCCCC(=O)N[C@@H](CCCN=C(N)N)C(=O)N[C@@H](Cc1ccccc1)C(=O)N[C@@H](Cc1ccccc1)C(=O)N(CCCNC(C)=O)CC(=O)N[C@@H](CC(C)C)C(=O)N[C@@H](CCSC)C(N)=O. The molecule has 2 aromatic carbocycles. The molecule has 0 heterocycles. The Bertz CT molecular complexity index is 2060. The molecule has 0 saturated carbocycles. The van der Waals surface area contributed by atoms with Crippen LogP contribution in [-0.4, -0.2) is 139 Å². The summed E-state index contributed by atoms with van der Waals surface area (Å²) in [6.07, 6.45) is 3.97. The number of benzene rings is 2. The highest BCUT2D eigenvalue weighted by Crippen LogP contribution is 2.13. The number of nitrogens with one attached hydrogen (secondary N) is 7. The first-order valence-electron chi connectivity index (χ1n) is 24.0. The van der Waals surface area contributed by atoms with Crippen LogP contribution in [0, 0.1) is 5.92 Å². The van der Waals surface area contributed by atoms with Gasteiger partial charge >= 0.3 is 0 Å². The van der Waals surface area contributed by atoms with Gasteiger partial charge in [0, 0.05) is 59.3 Å². The number of carbonyl (C=O) groups excluding carboxylic acids is 9. The largest absolute Gasteiger partial charge is 0.370 e. The summed E-state index contributed by atoms with van der Waals surface area (Å²) < 4.78 is 0. The third-order valence-electron chi connectivity index (χ3n) is 11.0. The van der Waals surface area contributed by atoms with Gasteiger partial charge in [0.15, 0.2) is 5.96 Å². The number of nitrogens with two attached hydrogens (primary N) is 3. The maximum Gasteiger partial charge on any atom is 0.245 e. The molecule has 0 bridgehead atoms. The number of guanidine groups is 1. The van der Waals surface area contributed by atoms with Crippen molar-refractivity contribution in [2.24, 2.45) is 28.1 Å². The van der Waals surface area contributed by atoms with Gasteiger partial charge in [0.05, 0.1) is 6.54 Å². The molecule has 0 aromatic heterocycles. The van der Waals surface area contributed by atoms with Gasteiger partial charge in [-0.25, -0.2) is 0 Å². The van der Waals surface area contributed by atoms with Crippen LogP contribution in [0.4, 0.5) is 0 Å². The Labute approximate surface area is 421 Å². The summed E-state index contributed by atoms with van der Waals surface area (Å²) in [5.41, 5.74) is 17.9. The molecule has 2 aromatic rings. The number of unbranched alkanes of at least 4 members (excludes halogenated alkanes) is 1. The molecule has 0 saturated heterocycles.